The van der Waals surface area contributed by atoms with Gasteiger partial charge in [-0.05, 0) is 95.1 Å². The van der Waals surface area contributed by atoms with Crippen LogP contribution in [0, 0.1) is 26.2 Å². The van der Waals surface area contributed by atoms with Gasteiger partial charge in [-0.1, -0.05) is 0 Å². The Morgan fingerprint density at radius 1 is 1.10 bits per heavy atom. The van der Waals surface area contributed by atoms with E-state index in [1.807, 2.05) is 37.8 Å². The summed E-state index contributed by atoms with van der Waals surface area (Å²) in [6.45, 7) is 11.2. The molecule has 6 heteroatoms. The molecule has 2 aliphatic heterocycles. The predicted octanol–water partition coefficient (Wildman–Crippen LogP) is 3.48. The van der Waals surface area contributed by atoms with Crippen molar-refractivity contribution in [1.82, 2.24) is 10.2 Å². The van der Waals surface area contributed by atoms with Crippen LogP contribution in [0.25, 0.3) is 11.0 Å². The number of amides is 1. The molecule has 1 amide bonds. The van der Waals surface area contributed by atoms with Crippen molar-refractivity contribution in [3.63, 3.8) is 0 Å². The van der Waals surface area contributed by atoms with Crippen LogP contribution in [-0.2, 0) is 4.79 Å². The van der Waals surface area contributed by atoms with E-state index in [2.05, 4.69) is 5.32 Å². The highest BCUT2D eigenvalue weighted by atomic mass is 16.5. The minimum Gasteiger partial charge on any atom is -0.480 e. The molecule has 1 spiro atoms. The van der Waals surface area contributed by atoms with Crippen molar-refractivity contribution in [2.45, 2.75) is 59.5 Å². The molecule has 1 aromatic heterocycles. The van der Waals surface area contributed by atoms with Gasteiger partial charge in [-0.15, -0.1) is 0 Å². The van der Waals surface area contributed by atoms with Crippen molar-refractivity contribution in [3.05, 3.63) is 39.2 Å². The maximum absolute atomic E-state index is 13.1. The maximum Gasteiger partial charge on any atom is 0.339 e. The number of ether oxygens (including phenoxy) is 1. The molecule has 0 bridgehead atoms. The monoisotopic (exact) mass is 412 g/mol. The molecule has 2 aliphatic rings. The lowest BCUT2D eigenvalue weighted by atomic mass is 9.71. The Morgan fingerprint density at radius 2 is 1.77 bits per heavy atom. The van der Waals surface area contributed by atoms with E-state index in [9.17, 15) is 9.59 Å². The molecular formula is C24H32N2O4. The SMILES string of the molecule is Cc1cc(OC(C)C(=O)N2CCC3(CCNCC3)CC2)c2c(C)c(C)c(=O)oc2c1. The Labute approximate surface area is 177 Å². The van der Waals surface area contributed by atoms with Crippen molar-refractivity contribution >= 4 is 16.9 Å². The second-order valence-electron chi connectivity index (χ2n) is 9.11. The van der Waals surface area contributed by atoms with E-state index in [0.717, 1.165) is 55.5 Å². The molecule has 6 nitrogen and oxygen atoms in total. The van der Waals surface area contributed by atoms with E-state index in [-0.39, 0.29) is 11.5 Å². The maximum atomic E-state index is 13.1. The highest BCUT2D eigenvalue weighted by Gasteiger charge is 2.37. The summed E-state index contributed by atoms with van der Waals surface area (Å²) in [7, 11) is 0. The Hall–Kier alpha value is -2.34. The minimum absolute atomic E-state index is 0.0280. The normalized spacial score (nSPS) is 19.8. The Balaban J connectivity index is 1.52. The largest absolute Gasteiger partial charge is 0.480 e. The van der Waals surface area contributed by atoms with Gasteiger partial charge >= 0.3 is 5.63 Å². The van der Waals surface area contributed by atoms with Crippen LogP contribution in [0.1, 0.15) is 49.3 Å². The average molecular weight is 413 g/mol. The van der Waals surface area contributed by atoms with Gasteiger partial charge in [0.1, 0.15) is 11.3 Å². The van der Waals surface area contributed by atoms with E-state index in [4.69, 9.17) is 9.15 Å². The van der Waals surface area contributed by atoms with Gasteiger partial charge in [0.15, 0.2) is 6.10 Å². The number of benzene rings is 1. The molecule has 3 heterocycles. The van der Waals surface area contributed by atoms with Gasteiger partial charge in [0.2, 0.25) is 0 Å². The molecule has 162 valence electrons. The number of hydrogen-bond donors (Lipinski definition) is 1. The Morgan fingerprint density at radius 3 is 2.43 bits per heavy atom. The third-order valence-corrected chi connectivity index (χ3v) is 7.11. The Kier molecular flexibility index (Phi) is 5.62. The lowest BCUT2D eigenvalue weighted by Crippen LogP contribution is -2.50. The molecule has 30 heavy (non-hydrogen) atoms. The van der Waals surface area contributed by atoms with Crippen molar-refractivity contribution in [3.8, 4) is 5.75 Å². The molecule has 0 radical (unpaired) electrons. The molecule has 1 unspecified atom stereocenters. The average Bonchev–Trinajstić information content (AvgIpc) is 2.72. The van der Waals surface area contributed by atoms with Gasteiger partial charge in [0, 0.05) is 18.7 Å². The van der Waals surface area contributed by atoms with E-state index in [1.54, 1.807) is 6.92 Å². The van der Waals surface area contributed by atoms with Crippen LogP contribution in [0.2, 0.25) is 0 Å². The van der Waals surface area contributed by atoms with Crippen molar-refractivity contribution < 1.29 is 13.9 Å². The van der Waals surface area contributed by atoms with Crippen molar-refractivity contribution in [2.24, 2.45) is 5.41 Å². The first-order valence-electron chi connectivity index (χ1n) is 11.0. The lowest BCUT2D eigenvalue weighted by molar-refractivity contribution is -0.140. The minimum atomic E-state index is -0.594. The summed E-state index contributed by atoms with van der Waals surface area (Å²) >= 11 is 0. The summed E-state index contributed by atoms with van der Waals surface area (Å²) in [5.74, 6) is 0.627. The second kappa shape index (κ2) is 8.06. The standard InChI is InChI=1S/C24H32N2O4/c1-15-13-19(21-16(2)17(3)23(28)30-20(21)14-15)29-18(4)22(27)26-11-7-24(8-12-26)5-9-25-10-6-24/h13-14,18,25H,5-12H2,1-4H3. The van der Waals surface area contributed by atoms with E-state index in [1.165, 1.54) is 12.8 Å². The molecule has 0 saturated carbocycles. The highest BCUT2D eigenvalue weighted by Crippen LogP contribution is 2.39. The molecule has 1 aromatic carbocycles. The molecule has 1 N–H and O–H groups in total. The first kappa shape index (κ1) is 20.9. The number of carbonyl (C=O) groups excluding carboxylic acids is 1. The zero-order valence-corrected chi connectivity index (χ0v) is 18.5. The van der Waals surface area contributed by atoms with Gasteiger partial charge in [0.05, 0.1) is 5.39 Å². The molecule has 2 saturated heterocycles. The number of hydrogen-bond acceptors (Lipinski definition) is 5. The van der Waals surface area contributed by atoms with Gasteiger partial charge in [-0.25, -0.2) is 4.79 Å². The van der Waals surface area contributed by atoms with Crippen molar-refractivity contribution in [2.75, 3.05) is 26.2 Å². The van der Waals surface area contributed by atoms with Crippen LogP contribution in [0.3, 0.4) is 0 Å². The molecule has 4 rings (SSSR count). The first-order valence-corrected chi connectivity index (χ1v) is 11.0. The van der Waals surface area contributed by atoms with E-state index >= 15 is 0 Å². The summed E-state index contributed by atoms with van der Waals surface area (Å²) < 4.78 is 11.7. The zero-order chi connectivity index (χ0) is 21.5. The van der Waals surface area contributed by atoms with Crippen LogP contribution in [0.15, 0.2) is 21.3 Å². The van der Waals surface area contributed by atoms with Crippen LogP contribution < -0.4 is 15.7 Å². The number of aryl methyl sites for hydroxylation is 2. The molecule has 2 fully saturated rings. The Bertz CT molecular complexity index is 1010. The number of rotatable bonds is 3. The lowest BCUT2D eigenvalue weighted by Gasteiger charge is -2.44. The fraction of sp³-hybridized carbons (Fsp3) is 0.583. The summed E-state index contributed by atoms with van der Waals surface area (Å²) in [5, 5.41) is 4.21. The molecule has 0 aliphatic carbocycles. The summed E-state index contributed by atoms with van der Waals surface area (Å²) in [6, 6.07) is 3.75. The van der Waals surface area contributed by atoms with Gasteiger partial charge < -0.3 is 19.4 Å². The highest BCUT2D eigenvalue weighted by molar-refractivity contribution is 5.89. The predicted molar refractivity (Wildman–Crippen MR) is 117 cm³/mol. The third-order valence-electron chi connectivity index (χ3n) is 7.11. The number of piperidine rings is 2. The first-order chi connectivity index (χ1) is 14.3. The fourth-order valence-corrected chi connectivity index (χ4v) is 4.94. The van der Waals surface area contributed by atoms with Gasteiger partial charge in [0.25, 0.3) is 5.91 Å². The summed E-state index contributed by atoms with van der Waals surface area (Å²) in [5.41, 5.74) is 2.91. The van der Waals surface area contributed by atoms with E-state index in [0.29, 0.717) is 22.3 Å². The topological polar surface area (TPSA) is 71.8 Å². The zero-order valence-electron chi connectivity index (χ0n) is 18.5. The van der Waals surface area contributed by atoms with Gasteiger partial charge in [-0.2, -0.15) is 0 Å². The van der Waals surface area contributed by atoms with Crippen molar-refractivity contribution in [1.29, 1.82) is 0 Å². The quantitative estimate of drug-likeness (QED) is 0.782. The van der Waals surface area contributed by atoms with Gasteiger partial charge in [-0.3, -0.25) is 4.79 Å². The number of fused-ring (bicyclic) bond motifs is 1. The van der Waals surface area contributed by atoms with Crippen LogP contribution in [0.4, 0.5) is 0 Å². The number of nitrogens with one attached hydrogen (secondary N) is 1. The number of carbonyl (C=O) groups is 1. The molecule has 2 aromatic rings. The second-order valence-corrected chi connectivity index (χ2v) is 9.11. The fourth-order valence-electron chi connectivity index (χ4n) is 4.94. The third kappa shape index (κ3) is 3.85. The smallest absolute Gasteiger partial charge is 0.339 e. The van der Waals surface area contributed by atoms with Crippen LogP contribution in [-0.4, -0.2) is 43.1 Å². The van der Waals surface area contributed by atoms with Crippen LogP contribution >= 0.6 is 0 Å². The van der Waals surface area contributed by atoms with E-state index < -0.39 is 6.10 Å². The molecular weight excluding hydrogens is 380 g/mol. The number of likely N-dealkylation sites (tertiary alicyclic amines) is 1. The van der Waals surface area contributed by atoms with Crippen LogP contribution in [0.5, 0.6) is 5.75 Å². The summed E-state index contributed by atoms with van der Waals surface area (Å²) in [4.78, 5) is 27.1. The molecule has 1 atom stereocenters. The number of nitrogens with zero attached hydrogens (tertiary/aromatic N) is 1. The summed E-state index contributed by atoms with van der Waals surface area (Å²) in [6.07, 6.45) is 3.97.